The van der Waals surface area contributed by atoms with Crippen molar-refractivity contribution in [1.29, 1.82) is 0 Å². The first kappa shape index (κ1) is 24.0. The number of benzene rings is 1. The van der Waals surface area contributed by atoms with Crippen LogP contribution in [0.2, 0.25) is 5.02 Å². The monoisotopic (exact) mass is 485 g/mol. The van der Waals surface area contributed by atoms with Crippen molar-refractivity contribution in [1.82, 2.24) is 15.5 Å². The lowest BCUT2D eigenvalue weighted by molar-refractivity contribution is -0.325. The van der Waals surface area contributed by atoms with Gasteiger partial charge in [-0.05, 0) is 12.1 Å². The Morgan fingerprint density at radius 3 is 2.62 bits per heavy atom. The lowest BCUT2D eigenvalue weighted by Gasteiger charge is -2.27. The van der Waals surface area contributed by atoms with E-state index in [1.165, 1.54) is 12.1 Å². The number of hydrogen-bond acceptors (Lipinski definition) is 9. The fourth-order valence-electron chi connectivity index (χ4n) is 2.37. The van der Waals surface area contributed by atoms with Crippen LogP contribution in [0.5, 0.6) is 11.8 Å². The molecule has 1 aromatic heterocycles. The number of amides is 1. The molecule has 3 rings (SSSR count). The van der Waals surface area contributed by atoms with Crippen LogP contribution in [0.15, 0.2) is 22.6 Å². The fraction of sp³-hybridized carbons (Fsp3) is 0.471. The summed E-state index contributed by atoms with van der Waals surface area (Å²) in [6.45, 7) is -1.53. The predicted molar refractivity (Wildman–Crippen MR) is 95.3 cm³/mol. The van der Waals surface area contributed by atoms with Gasteiger partial charge >= 0.3 is 12.4 Å². The molecule has 1 saturated heterocycles. The van der Waals surface area contributed by atoms with E-state index in [9.17, 15) is 22.4 Å². The third-order valence-corrected chi connectivity index (χ3v) is 4.03. The van der Waals surface area contributed by atoms with Gasteiger partial charge in [-0.15, -0.1) is 18.3 Å². The van der Waals surface area contributed by atoms with Gasteiger partial charge in [0.2, 0.25) is 6.29 Å². The van der Waals surface area contributed by atoms with Crippen LogP contribution in [0.25, 0.3) is 0 Å². The number of carbonyl (C=O) groups excluding carboxylic acids is 1. The summed E-state index contributed by atoms with van der Waals surface area (Å²) < 4.78 is 78.4. The summed E-state index contributed by atoms with van der Waals surface area (Å²) in [5, 5.41) is 9.67. The summed E-state index contributed by atoms with van der Waals surface area (Å²) in [4.78, 5) is 12.0. The van der Waals surface area contributed by atoms with Gasteiger partial charge in [0.25, 0.3) is 11.8 Å². The first-order valence-corrected chi connectivity index (χ1v) is 9.35. The van der Waals surface area contributed by atoms with Crippen molar-refractivity contribution >= 4 is 17.5 Å². The molecule has 1 fully saturated rings. The Morgan fingerprint density at radius 1 is 1.19 bits per heavy atom. The predicted octanol–water partition coefficient (Wildman–Crippen LogP) is 2.39. The Bertz CT molecular complexity index is 907. The SMILES string of the molecule is O=C(COc1ccc(Cl)c(F)c1)NC1COC(c2nnc(OCCOC(F)(F)F)o2)OC1. The summed E-state index contributed by atoms with van der Waals surface area (Å²) in [6, 6.07) is 3.26. The number of alkyl halides is 3. The molecule has 0 spiro atoms. The van der Waals surface area contributed by atoms with Gasteiger partial charge in [0.15, 0.2) is 6.61 Å². The number of halogens is 5. The van der Waals surface area contributed by atoms with E-state index >= 15 is 0 Å². The highest BCUT2D eigenvalue weighted by atomic mass is 35.5. The van der Waals surface area contributed by atoms with Crippen molar-refractivity contribution < 1.29 is 50.5 Å². The van der Waals surface area contributed by atoms with Crippen molar-refractivity contribution in [2.75, 3.05) is 33.0 Å². The van der Waals surface area contributed by atoms with E-state index in [4.69, 9.17) is 35.0 Å². The molecule has 176 valence electrons. The van der Waals surface area contributed by atoms with Crippen LogP contribution in [0.4, 0.5) is 17.6 Å². The minimum absolute atomic E-state index is 0.0317. The van der Waals surface area contributed by atoms with Gasteiger partial charge in [-0.2, -0.15) is 0 Å². The van der Waals surface area contributed by atoms with Crippen molar-refractivity contribution in [2.24, 2.45) is 0 Å². The zero-order chi connectivity index (χ0) is 23.1. The molecular weight excluding hydrogens is 470 g/mol. The smallest absolute Gasteiger partial charge is 0.484 e. The van der Waals surface area contributed by atoms with Gasteiger partial charge in [-0.1, -0.05) is 16.7 Å². The molecule has 0 saturated carbocycles. The molecule has 15 heteroatoms. The van der Waals surface area contributed by atoms with Gasteiger partial charge in [0.1, 0.15) is 18.2 Å². The van der Waals surface area contributed by atoms with Crippen molar-refractivity contribution in [3.05, 3.63) is 34.9 Å². The third-order valence-electron chi connectivity index (χ3n) is 3.72. The highest BCUT2D eigenvalue weighted by Gasteiger charge is 2.30. The summed E-state index contributed by atoms with van der Waals surface area (Å²) in [5.74, 6) is -1.15. The maximum atomic E-state index is 13.4. The molecule has 1 aromatic carbocycles. The van der Waals surface area contributed by atoms with E-state index in [2.05, 4.69) is 20.3 Å². The van der Waals surface area contributed by atoms with E-state index in [-0.39, 0.29) is 42.6 Å². The number of carbonyl (C=O) groups is 1. The zero-order valence-electron chi connectivity index (χ0n) is 16.1. The largest absolute Gasteiger partial charge is 0.522 e. The van der Waals surface area contributed by atoms with Crippen LogP contribution >= 0.6 is 11.6 Å². The molecule has 0 atom stereocenters. The van der Waals surface area contributed by atoms with Gasteiger partial charge in [-0.3, -0.25) is 9.53 Å². The van der Waals surface area contributed by atoms with Crippen LogP contribution in [0.3, 0.4) is 0 Å². The van der Waals surface area contributed by atoms with E-state index in [1.54, 1.807) is 0 Å². The molecule has 10 nitrogen and oxygen atoms in total. The van der Waals surface area contributed by atoms with Gasteiger partial charge in [-0.25, -0.2) is 4.39 Å². The third kappa shape index (κ3) is 7.47. The van der Waals surface area contributed by atoms with E-state index < -0.39 is 43.6 Å². The molecule has 1 aliphatic rings. The van der Waals surface area contributed by atoms with E-state index in [1.807, 2.05) is 0 Å². The first-order valence-electron chi connectivity index (χ1n) is 8.97. The second-order valence-corrected chi connectivity index (χ2v) is 6.58. The molecule has 2 aromatic rings. The van der Waals surface area contributed by atoms with Crippen LogP contribution < -0.4 is 14.8 Å². The zero-order valence-corrected chi connectivity index (χ0v) is 16.8. The molecule has 1 aliphatic heterocycles. The number of nitrogens with zero attached hydrogens (tertiary/aromatic N) is 2. The summed E-state index contributed by atoms with van der Waals surface area (Å²) in [6.07, 6.45) is -6.20. The first-order chi connectivity index (χ1) is 15.2. The van der Waals surface area contributed by atoms with Gasteiger partial charge < -0.3 is 28.7 Å². The second kappa shape index (κ2) is 10.8. The van der Waals surface area contributed by atoms with Crippen LogP contribution in [-0.2, 0) is 19.0 Å². The molecule has 0 bridgehead atoms. The highest BCUT2D eigenvalue weighted by molar-refractivity contribution is 6.30. The molecule has 2 heterocycles. The number of ether oxygens (including phenoxy) is 5. The topological polar surface area (TPSA) is 114 Å². The summed E-state index contributed by atoms with van der Waals surface area (Å²) in [5.41, 5.74) is 0. The number of rotatable bonds is 9. The molecule has 0 unspecified atom stereocenters. The van der Waals surface area contributed by atoms with Crippen LogP contribution in [0.1, 0.15) is 12.2 Å². The second-order valence-electron chi connectivity index (χ2n) is 6.18. The Kier molecular flexibility index (Phi) is 8.06. The highest BCUT2D eigenvalue weighted by Crippen LogP contribution is 2.24. The normalized spacial score (nSPS) is 18.9. The maximum Gasteiger partial charge on any atom is 0.522 e. The van der Waals surface area contributed by atoms with Crippen molar-refractivity contribution in [3.8, 4) is 11.8 Å². The maximum absolute atomic E-state index is 13.4. The summed E-state index contributed by atoms with van der Waals surface area (Å²) in [7, 11) is 0. The Balaban J connectivity index is 1.36. The summed E-state index contributed by atoms with van der Waals surface area (Å²) >= 11 is 5.57. The van der Waals surface area contributed by atoms with E-state index in [0.29, 0.717) is 0 Å². The fourth-order valence-corrected chi connectivity index (χ4v) is 2.49. The average molecular weight is 486 g/mol. The lowest BCUT2D eigenvalue weighted by atomic mass is 10.3. The molecule has 0 radical (unpaired) electrons. The Hall–Kier alpha value is -2.68. The van der Waals surface area contributed by atoms with Gasteiger partial charge in [0, 0.05) is 6.07 Å². The molecule has 32 heavy (non-hydrogen) atoms. The lowest BCUT2D eigenvalue weighted by Crippen LogP contribution is -2.46. The minimum atomic E-state index is -4.76. The van der Waals surface area contributed by atoms with Crippen LogP contribution in [-0.4, -0.2) is 61.5 Å². The van der Waals surface area contributed by atoms with Gasteiger partial charge in [0.05, 0.1) is 30.9 Å². The molecule has 0 aliphatic carbocycles. The van der Waals surface area contributed by atoms with Crippen molar-refractivity contribution in [2.45, 2.75) is 18.7 Å². The average Bonchev–Trinajstić information content (AvgIpc) is 3.21. The Morgan fingerprint density at radius 2 is 1.94 bits per heavy atom. The number of aromatic nitrogens is 2. The molecule has 1 N–H and O–H groups in total. The molecular formula is C17H16ClF4N3O7. The minimum Gasteiger partial charge on any atom is -0.484 e. The van der Waals surface area contributed by atoms with Crippen molar-refractivity contribution in [3.63, 3.8) is 0 Å². The van der Waals surface area contributed by atoms with Crippen LogP contribution in [0, 0.1) is 5.82 Å². The molecule has 1 amide bonds. The number of hydrogen-bond donors (Lipinski definition) is 1. The number of nitrogens with one attached hydrogen (secondary N) is 1. The quantitative estimate of drug-likeness (QED) is 0.422. The van der Waals surface area contributed by atoms with E-state index in [0.717, 1.165) is 6.07 Å². The Labute approximate surface area is 182 Å². The standard InChI is InChI=1S/C17H16ClF4N3O7/c18-11-2-1-10(5-12(11)19)28-8-13(26)23-9-6-29-15(30-7-9)14-24-25-16(32-14)27-3-4-31-17(20,21)22/h1-2,5,9,15H,3-4,6-8H2,(H,23,26).